The Bertz CT molecular complexity index is 1030. The molecule has 5 heteroatoms. The van der Waals surface area contributed by atoms with Gasteiger partial charge in [0.1, 0.15) is 5.75 Å². The molecule has 28 heavy (non-hydrogen) atoms. The van der Waals surface area contributed by atoms with Crippen molar-refractivity contribution in [3.8, 4) is 5.75 Å². The van der Waals surface area contributed by atoms with Crippen LogP contribution in [0.3, 0.4) is 0 Å². The van der Waals surface area contributed by atoms with Crippen molar-refractivity contribution in [3.63, 3.8) is 0 Å². The highest BCUT2D eigenvalue weighted by molar-refractivity contribution is 5.98. The second kappa shape index (κ2) is 6.99. The van der Waals surface area contributed by atoms with Gasteiger partial charge in [0.05, 0.1) is 6.61 Å². The molecule has 144 valence electrons. The van der Waals surface area contributed by atoms with E-state index in [-0.39, 0.29) is 5.91 Å². The first-order chi connectivity index (χ1) is 13.7. The molecule has 3 heterocycles. The minimum absolute atomic E-state index is 0.00900. The molecule has 3 unspecified atom stereocenters. The van der Waals surface area contributed by atoms with E-state index >= 15 is 0 Å². The number of ether oxygens (including phenoxy) is 1. The predicted octanol–water partition coefficient (Wildman–Crippen LogP) is 3.57. The summed E-state index contributed by atoms with van der Waals surface area (Å²) in [4.78, 5) is 15.2. The summed E-state index contributed by atoms with van der Waals surface area (Å²) < 4.78 is 6.19. The van der Waals surface area contributed by atoms with Gasteiger partial charge in [0.25, 0.3) is 5.91 Å². The van der Waals surface area contributed by atoms with Gasteiger partial charge in [-0.2, -0.15) is 0 Å². The van der Waals surface area contributed by atoms with Crippen molar-refractivity contribution in [1.82, 2.24) is 15.6 Å². The normalized spacial score (nSPS) is 24.2. The topological polar surface area (TPSA) is 66.1 Å². The Morgan fingerprint density at radius 1 is 1.14 bits per heavy atom. The number of benzene rings is 2. The number of fused-ring (bicyclic) bond motifs is 2. The van der Waals surface area contributed by atoms with Gasteiger partial charge in [0.15, 0.2) is 0 Å². The number of nitrogens with one attached hydrogen (secondary N) is 3. The van der Waals surface area contributed by atoms with Crippen LogP contribution in [0.25, 0.3) is 10.9 Å². The van der Waals surface area contributed by atoms with Crippen LogP contribution in [-0.4, -0.2) is 30.1 Å². The molecule has 5 rings (SSSR count). The molecule has 1 saturated heterocycles. The number of rotatable bonds is 4. The first-order valence-electron chi connectivity index (χ1n) is 10.0. The summed E-state index contributed by atoms with van der Waals surface area (Å²) in [6.45, 7) is 4.50. The van der Waals surface area contributed by atoms with Crippen LogP contribution in [0, 0.1) is 5.92 Å². The van der Waals surface area contributed by atoms with Gasteiger partial charge >= 0.3 is 0 Å². The number of piperidine rings is 1. The third kappa shape index (κ3) is 3.06. The van der Waals surface area contributed by atoms with Crippen LogP contribution in [0.5, 0.6) is 5.75 Å². The molecular weight excluding hydrogens is 350 g/mol. The van der Waals surface area contributed by atoms with Crippen LogP contribution in [0.2, 0.25) is 0 Å². The van der Waals surface area contributed by atoms with E-state index in [1.54, 1.807) is 0 Å². The average Bonchev–Trinajstić information content (AvgIpc) is 3.33. The van der Waals surface area contributed by atoms with Crippen molar-refractivity contribution in [1.29, 1.82) is 0 Å². The van der Waals surface area contributed by atoms with Gasteiger partial charge in [0.2, 0.25) is 0 Å². The molecule has 0 saturated carbocycles. The molecule has 1 amide bonds. The maximum atomic E-state index is 11.9. The Morgan fingerprint density at radius 3 is 3.00 bits per heavy atom. The van der Waals surface area contributed by atoms with Crippen LogP contribution >= 0.6 is 0 Å². The molecule has 3 N–H and O–H groups in total. The molecular formula is C23H25N3O2. The molecule has 2 aliphatic heterocycles. The molecule has 5 nitrogen and oxygen atoms in total. The molecule has 1 fully saturated rings. The van der Waals surface area contributed by atoms with Crippen molar-refractivity contribution >= 4 is 16.8 Å². The number of hydrogen-bond acceptors (Lipinski definition) is 3. The lowest BCUT2D eigenvalue weighted by atomic mass is 9.77. The van der Waals surface area contributed by atoms with Crippen molar-refractivity contribution in [2.45, 2.75) is 31.8 Å². The minimum Gasteiger partial charge on any atom is -0.493 e. The first-order valence-corrected chi connectivity index (χ1v) is 10.0. The van der Waals surface area contributed by atoms with E-state index in [9.17, 15) is 4.79 Å². The largest absolute Gasteiger partial charge is 0.493 e. The monoisotopic (exact) mass is 375 g/mol. The fourth-order valence-corrected chi connectivity index (χ4v) is 4.62. The third-order valence-electron chi connectivity index (χ3n) is 6.30. The van der Waals surface area contributed by atoms with E-state index in [4.69, 9.17) is 4.74 Å². The zero-order valence-electron chi connectivity index (χ0n) is 16.0. The lowest BCUT2D eigenvalue weighted by Gasteiger charge is -2.37. The van der Waals surface area contributed by atoms with E-state index in [1.807, 2.05) is 24.4 Å². The van der Waals surface area contributed by atoms with Crippen LogP contribution in [0.1, 0.15) is 40.7 Å². The van der Waals surface area contributed by atoms with E-state index < -0.39 is 0 Å². The molecule has 0 aliphatic carbocycles. The Hall–Kier alpha value is -2.79. The van der Waals surface area contributed by atoms with E-state index in [0.29, 0.717) is 31.0 Å². The number of aromatic nitrogens is 1. The molecule has 0 radical (unpaired) electrons. The number of aromatic amines is 1. The summed E-state index contributed by atoms with van der Waals surface area (Å²) >= 11 is 0. The van der Waals surface area contributed by atoms with Crippen molar-refractivity contribution in [2.75, 3.05) is 13.2 Å². The SMILES string of the molecule is CC1NCCC(c2ccc3cc[nH]c3c2)C1COc1ccc2c(c1)C(=O)NC2. The molecule has 2 aliphatic rings. The van der Waals surface area contributed by atoms with Crippen molar-refractivity contribution in [3.05, 3.63) is 65.4 Å². The van der Waals surface area contributed by atoms with Gasteiger partial charge in [-0.05, 0) is 66.6 Å². The van der Waals surface area contributed by atoms with Crippen LogP contribution in [0.15, 0.2) is 48.7 Å². The summed E-state index contributed by atoms with van der Waals surface area (Å²) in [7, 11) is 0. The van der Waals surface area contributed by atoms with Crippen LogP contribution < -0.4 is 15.4 Å². The zero-order valence-corrected chi connectivity index (χ0v) is 16.0. The highest BCUT2D eigenvalue weighted by Crippen LogP contribution is 2.35. The van der Waals surface area contributed by atoms with Gasteiger partial charge in [-0.25, -0.2) is 0 Å². The van der Waals surface area contributed by atoms with Gasteiger partial charge in [-0.1, -0.05) is 18.2 Å². The van der Waals surface area contributed by atoms with Crippen LogP contribution in [-0.2, 0) is 6.54 Å². The fraction of sp³-hybridized carbons (Fsp3) is 0.348. The van der Waals surface area contributed by atoms with Gasteiger partial charge < -0.3 is 20.4 Å². The smallest absolute Gasteiger partial charge is 0.252 e. The van der Waals surface area contributed by atoms with Gasteiger partial charge in [-0.15, -0.1) is 0 Å². The Labute approximate surface area is 164 Å². The van der Waals surface area contributed by atoms with E-state index in [0.717, 1.165) is 29.8 Å². The standard InChI is InChI=1S/C23H25N3O2/c1-14-21(13-28-18-5-4-17-12-26-23(27)20(17)11-18)19(7-9-24-14)16-3-2-15-6-8-25-22(15)10-16/h2-6,8,10-11,14,19,21,24-25H,7,9,12-13H2,1H3,(H,26,27). The number of amides is 1. The summed E-state index contributed by atoms with van der Waals surface area (Å²) in [6.07, 6.45) is 3.08. The molecule has 1 aromatic heterocycles. The fourth-order valence-electron chi connectivity index (χ4n) is 4.62. The van der Waals surface area contributed by atoms with E-state index in [2.05, 4.69) is 46.8 Å². The van der Waals surface area contributed by atoms with Crippen molar-refractivity contribution in [2.24, 2.45) is 5.92 Å². The van der Waals surface area contributed by atoms with E-state index in [1.165, 1.54) is 16.5 Å². The van der Waals surface area contributed by atoms with Crippen LogP contribution in [0.4, 0.5) is 0 Å². The molecule has 3 atom stereocenters. The lowest BCUT2D eigenvalue weighted by molar-refractivity contribution is 0.0965. The highest BCUT2D eigenvalue weighted by atomic mass is 16.5. The van der Waals surface area contributed by atoms with Gasteiger partial charge in [-0.3, -0.25) is 4.79 Å². The number of carbonyl (C=O) groups excluding carboxylic acids is 1. The summed E-state index contributed by atoms with van der Waals surface area (Å²) in [5.74, 6) is 1.57. The summed E-state index contributed by atoms with van der Waals surface area (Å²) in [6, 6.07) is 15.0. The minimum atomic E-state index is -0.00900. The first kappa shape index (κ1) is 17.3. The number of hydrogen-bond donors (Lipinski definition) is 3. The second-order valence-electron chi connectivity index (χ2n) is 7.94. The molecule has 0 spiro atoms. The Balaban J connectivity index is 1.37. The third-order valence-corrected chi connectivity index (χ3v) is 6.30. The molecule has 0 bridgehead atoms. The number of carbonyl (C=O) groups is 1. The average molecular weight is 375 g/mol. The highest BCUT2D eigenvalue weighted by Gasteiger charge is 2.32. The predicted molar refractivity (Wildman–Crippen MR) is 110 cm³/mol. The zero-order chi connectivity index (χ0) is 19.1. The van der Waals surface area contributed by atoms with Crippen molar-refractivity contribution < 1.29 is 9.53 Å². The number of H-pyrrole nitrogens is 1. The summed E-state index contributed by atoms with van der Waals surface area (Å²) in [5.41, 5.74) is 4.33. The quantitative estimate of drug-likeness (QED) is 0.653. The lowest BCUT2D eigenvalue weighted by Crippen LogP contribution is -2.45. The van der Waals surface area contributed by atoms with Gasteiger partial charge in [0, 0.05) is 35.8 Å². The Kier molecular flexibility index (Phi) is 4.32. The maximum absolute atomic E-state index is 11.9. The maximum Gasteiger partial charge on any atom is 0.252 e. The Morgan fingerprint density at radius 2 is 2.07 bits per heavy atom. The molecule has 2 aromatic carbocycles. The second-order valence-corrected chi connectivity index (χ2v) is 7.94. The molecule has 3 aromatic rings. The summed E-state index contributed by atoms with van der Waals surface area (Å²) in [5, 5.41) is 7.70.